The SMILES string of the molecule is CC(=O)N1CCC[C@@H](c2ccnc(Nc3ncccn3)n2)C1. The third-order valence-electron chi connectivity index (χ3n) is 3.75. The summed E-state index contributed by atoms with van der Waals surface area (Å²) < 4.78 is 0. The fourth-order valence-corrected chi connectivity index (χ4v) is 2.63. The topological polar surface area (TPSA) is 83.9 Å². The maximum absolute atomic E-state index is 11.5. The van der Waals surface area contributed by atoms with E-state index < -0.39 is 0 Å². The fourth-order valence-electron chi connectivity index (χ4n) is 2.63. The number of rotatable bonds is 3. The van der Waals surface area contributed by atoms with Gasteiger partial charge in [0.2, 0.25) is 17.8 Å². The average molecular weight is 298 g/mol. The minimum atomic E-state index is 0.120. The number of carbonyl (C=O) groups excluding carboxylic acids is 1. The van der Waals surface area contributed by atoms with Gasteiger partial charge in [-0.1, -0.05) is 0 Å². The zero-order valence-corrected chi connectivity index (χ0v) is 12.4. The molecule has 3 heterocycles. The minimum Gasteiger partial charge on any atom is -0.342 e. The Bertz CT molecular complexity index is 647. The van der Waals surface area contributed by atoms with E-state index in [4.69, 9.17) is 0 Å². The first kappa shape index (κ1) is 14.4. The van der Waals surface area contributed by atoms with Gasteiger partial charge in [-0.05, 0) is 25.0 Å². The molecule has 1 amide bonds. The van der Waals surface area contributed by atoms with Crippen LogP contribution in [0.3, 0.4) is 0 Å². The van der Waals surface area contributed by atoms with Crippen LogP contribution < -0.4 is 5.32 Å². The first-order chi connectivity index (χ1) is 10.7. The van der Waals surface area contributed by atoms with Crippen LogP contribution in [0.1, 0.15) is 31.4 Å². The van der Waals surface area contributed by atoms with Gasteiger partial charge in [-0.15, -0.1) is 0 Å². The molecule has 1 aliphatic heterocycles. The summed E-state index contributed by atoms with van der Waals surface area (Å²) in [5.41, 5.74) is 0.944. The first-order valence-electron chi connectivity index (χ1n) is 7.35. The average Bonchev–Trinajstić information content (AvgIpc) is 2.56. The van der Waals surface area contributed by atoms with Crippen LogP contribution in [-0.2, 0) is 4.79 Å². The molecule has 7 nitrogen and oxygen atoms in total. The number of hydrogen-bond donors (Lipinski definition) is 1. The Balaban J connectivity index is 1.75. The third-order valence-corrected chi connectivity index (χ3v) is 3.75. The molecule has 7 heteroatoms. The van der Waals surface area contributed by atoms with Crippen LogP contribution in [0.5, 0.6) is 0 Å². The van der Waals surface area contributed by atoms with E-state index in [1.165, 1.54) is 0 Å². The molecule has 2 aromatic heterocycles. The Hall–Kier alpha value is -2.57. The van der Waals surface area contributed by atoms with E-state index in [2.05, 4.69) is 25.3 Å². The van der Waals surface area contributed by atoms with Crippen molar-refractivity contribution >= 4 is 17.8 Å². The van der Waals surface area contributed by atoms with Crippen molar-refractivity contribution in [3.63, 3.8) is 0 Å². The lowest BCUT2D eigenvalue weighted by atomic mass is 9.94. The van der Waals surface area contributed by atoms with E-state index in [1.807, 2.05) is 11.0 Å². The number of nitrogens with zero attached hydrogens (tertiary/aromatic N) is 5. The molecule has 0 aromatic carbocycles. The zero-order chi connectivity index (χ0) is 15.4. The van der Waals surface area contributed by atoms with Gasteiger partial charge in [-0.25, -0.2) is 19.9 Å². The Morgan fingerprint density at radius 2 is 2.00 bits per heavy atom. The lowest BCUT2D eigenvalue weighted by molar-refractivity contribution is -0.130. The highest BCUT2D eigenvalue weighted by molar-refractivity contribution is 5.73. The number of nitrogens with one attached hydrogen (secondary N) is 1. The van der Waals surface area contributed by atoms with Crippen molar-refractivity contribution in [3.05, 3.63) is 36.4 Å². The zero-order valence-electron chi connectivity index (χ0n) is 12.4. The van der Waals surface area contributed by atoms with Crippen molar-refractivity contribution in [2.24, 2.45) is 0 Å². The molecule has 0 bridgehead atoms. The Morgan fingerprint density at radius 3 is 2.77 bits per heavy atom. The summed E-state index contributed by atoms with van der Waals surface area (Å²) in [6.45, 7) is 3.16. The number of amides is 1. The predicted molar refractivity (Wildman–Crippen MR) is 81.6 cm³/mol. The van der Waals surface area contributed by atoms with E-state index in [1.54, 1.807) is 31.6 Å². The maximum atomic E-state index is 11.5. The number of hydrogen-bond acceptors (Lipinski definition) is 6. The van der Waals surface area contributed by atoms with Crippen LogP contribution in [0.4, 0.5) is 11.9 Å². The van der Waals surface area contributed by atoms with Gasteiger partial charge in [0.05, 0.1) is 5.69 Å². The van der Waals surface area contributed by atoms with Gasteiger partial charge in [0.15, 0.2) is 0 Å². The molecule has 0 aliphatic carbocycles. The predicted octanol–water partition coefficient (Wildman–Crippen LogP) is 1.74. The smallest absolute Gasteiger partial charge is 0.229 e. The first-order valence-corrected chi connectivity index (χ1v) is 7.35. The molecule has 1 fully saturated rings. The van der Waals surface area contributed by atoms with Crippen molar-refractivity contribution in [1.82, 2.24) is 24.8 Å². The third kappa shape index (κ3) is 3.36. The molecule has 0 saturated carbocycles. The van der Waals surface area contributed by atoms with Crippen molar-refractivity contribution in [1.29, 1.82) is 0 Å². The van der Waals surface area contributed by atoms with Crippen LogP contribution >= 0.6 is 0 Å². The summed E-state index contributed by atoms with van der Waals surface area (Å²) in [5, 5.41) is 2.99. The molecule has 1 N–H and O–H groups in total. The normalized spacial score (nSPS) is 18.0. The van der Waals surface area contributed by atoms with Crippen LogP contribution in [0.15, 0.2) is 30.7 Å². The van der Waals surface area contributed by atoms with Gasteiger partial charge >= 0.3 is 0 Å². The van der Waals surface area contributed by atoms with E-state index in [0.29, 0.717) is 18.4 Å². The Labute approximate surface area is 128 Å². The molecular weight excluding hydrogens is 280 g/mol. The van der Waals surface area contributed by atoms with Gasteiger partial charge in [-0.2, -0.15) is 0 Å². The molecule has 1 atom stereocenters. The van der Waals surface area contributed by atoms with Crippen LogP contribution in [0.2, 0.25) is 0 Å². The molecule has 0 radical (unpaired) electrons. The summed E-state index contributed by atoms with van der Waals surface area (Å²) in [5.74, 6) is 1.31. The Morgan fingerprint density at radius 1 is 1.23 bits per heavy atom. The monoisotopic (exact) mass is 298 g/mol. The molecule has 0 spiro atoms. The molecule has 0 unspecified atom stereocenters. The van der Waals surface area contributed by atoms with Crippen LogP contribution in [0.25, 0.3) is 0 Å². The number of aromatic nitrogens is 4. The van der Waals surface area contributed by atoms with Gasteiger partial charge in [0.1, 0.15) is 0 Å². The molecule has 3 rings (SSSR count). The summed E-state index contributed by atoms with van der Waals surface area (Å²) >= 11 is 0. The van der Waals surface area contributed by atoms with E-state index >= 15 is 0 Å². The van der Waals surface area contributed by atoms with Crippen molar-refractivity contribution in [2.75, 3.05) is 18.4 Å². The van der Waals surface area contributed by atoms with E-state index in [0.717, 1.165) is 25.1 Å². The molecule has 22 heavy (non-hydrogen) atoms. The van der Waals surface area contributed by atoms with Gasteiger partial charge in [0, 0.05) is 44.5 Å². The minimum absolute atomic E-state index is 0.120. The Kier molecular flexibility index (Phi) is 4.22. The summed E-state index contributed by atoms with van der Waals surface area (Å²) in [6.07, 6.45) is 7.07. The second kappa shape index (κ2) is 6.46. The van der Waals surface area contributed by atoms with E-state index in [-0.39, 0.29) is 11.8 Å². The van der Waals surface area contributed by atoms with Crippen molar-refractivity contribution in [3.8, 4) is 0 Å². The maximum Gasteiger partial charge on any atom is 0.229 e. The largest absolute Gasteiger partial charge is 0.342 e. The number of carbonyl (C=O) groups is 1. The molecular formula is C15H18N6O. The molecule has 1 saturated heterocycles. The summed E-state index contributed by atoms with van der Waals surface area (Å²) in [7, 11) is 0. The molecule has 1 aliphatic rings. The second-order valence-electron chi connectivity index (χ2n) is 5.31. The standard InChI is InChI=1S/C15H18N6O/c1-11(22)21-9-2-4-12(10-21)13-5-8-18-15(19-13)20-14-16-6-3-7-17-14/h3,5-8,12H,2,4,9-10H2,1H3,(H,16,17,18,19,20)/t12-/m1/s1. The van der Waals surface area contributed by atoms with Crippen molar-refractivity contribution in [2.45, 2.75) is 25.7 Å². The quantitative estimate of drug-likeness (QED) is 0.929. The summed E-state index contributed by atoms with van der Waals surface area (Å²) in [4.78, 5) is 30.4. The fraction of sp³-hybridized carbons (Fsp3) is 0.400. The second-order valence-corrected chi connectivity index (χ2v) is 5.31. The van der Waals surface area contributed by atoms with Gasteiger partial charge in [-0.3, -0.25) is 10.1 Å². The van der Waals surface area contributed by atoms with E-state index in [9.17, 15) is 4.79 Å². The van der Waals surface area contributed by atoms with Crippen molar-refractivity contribution < 1.29 is 4.79 Å². The highest BCUT2D eigenvalue weighted by Crippen LogP contribution is 2.26. The lowest BCUT2D eigenvalue weighted by Gasteiger charge is -2.31. The molecule has 114 valence electrons. The van der Waals surface area contributed by atoms with Gasteiger partial charge < -0.3 is 4.90 Å². The highest BCUT2D eigenvalue weighted by Gasteiger charge is 2.24. The highest BCUT2D eigenvalue weighted by atomic mass is 16.2. The van der Waals surface area contributed by atoms with Gasteiger partial charge in [0.25, 0.3) is 0 Å². The number of anilines is 2. The number of piperidine rings is 1. The van der Waals surface area contributed by atoms with Crippen LogP contribution in [0, 0.1) is 0 Å². The summed E-state index contributed by atoms with van der Waals surface area (Å²) in [6, 6.07) is 3.66. The van der Waals surface area contributed by atoms with Crippen LogP contribution in [-0.4, -0.2) is 43.8 Å². The molecule has 2 aromatic rings. The number of likely N-dealkylation sites (tertiary alicyclic amines) is 1. The lowest BCUT2D eigenvalue weighted by Crippen LogP contribution is -2.37.